The van der Waals surface area contributed by atoms with Crippen LogP contribution in [0.5, 0.6) is 0 Å². The van der Waals surface area contributed by atoms with E-state index in [1.807, 2.05) is 0 Å². The zero-order valence-electron chi connectivity index (χ0n) is 6.42. The second kappa shape index (κ2) is 79.4. The molecule has 0 bridgehead atoms. The maximum Gasteiger partial charge on any atom is 0 e. The van der Waals surface area contributed by atoms with Crippen LogP contribution in [0.3, 0.4) is 0 Å². The largest absolute Gasteiger partial charge is 0.245 e. The molecule has 0 unspecified atom stereocenters. The van der Waals surface area contributed by atoms with Gasteiger partial charge in [-0.25, -0.2) is 58.7 Å². The third-order valence-electron chi connectivity index (χ3n) is 0. The minimum Gasteiger partial charge on any atom is -0.245 e. The average molecular weight is 174 g/mol. The summed E-state index contributed by atoms with van der Waals surface area (Å²) in [6, 6.07) is 0. The topological polar surface area (TPSA) is 0 Å². The van der Waals surface area contributed by atoms with Crippen LogP contribution >= 0.6 is 0 Å². The summed E-state index contributed by atoms with van der Waals surface area (Å²) < 4.78 is 0. The van der Waals surface area contributed by atoms with E-state index in [2.05, 4.69) is 40.5 Å². The van der Waals surface area contributed by atoms with Gasteiger partial charge in [0.1, 0.15) is 0 Å². The van der Waals surface area contributed by atoms with Crippen LogP contribution in [0.1, 0.15) is 0 Å². The van der Waals surface area contributed by atoms with E-state index in [0.29, 0.717) is 0 Å². The molecular weight excluding hydrogens is 159 g/mol. The minimum absolute atomic E-state index is 0. The fourth-order valence-corrected chi connectivity index (χ4v) is 0. The van der Waals surface area contributed by atoms with E-state index < -0.39 is 0 Å². The summed E-state index contributed by atoms with van der Waals surface area (Å²) in [5.41, 5.74) is 0. The molecule has 0 saturated carbocycles. The second-order valence-corrected chi connectivity index (χ2v) is 0.866. The molecule has 0 saturated heterocycles. The van der Waals surface area contributed by atoms with E-state index in [1.54, 1.807) is 0 Å². The normalized spacial score (nSPS) is 3.60. The van der Waals surface area contributed by atoms with Crippen LogP contribution in [0.15, 0.2) is 38.0 Å². The fourth-order valence-electron chi connectivity index (χ4n) is 0. The SMILES string of the molecule is C=C[CH2-].C=C[CH2-].C=C[CH2-].[V]. The second-order valence-electron chi connectivity index (χ2n) is 0.866. The molecule has 0 aromatic carbocycles. The third-order valence-corrected chi connectivity index (χ3v) is 0. The first-order chi connectivity index (χ1) is 4.24. The van der Waals surface area contributed by atoms with Crippen molar-refractivity contribution in [3.8, 4) is 0 Å². The molecule has 0 aliphatic rings. The summed E-state index contributed by atoms with van der Waals surface area (Å²) in [7, 11) is 0. The van der Waals surface area contributed by atoms with Crippen molar-refractivity contribution in [3.05, 3.63) is 58.7 Å². The van der Waals surface area contributed by atoms with Gasteiger partial charge < -0.3 is 0 Å². The third kappa shape index (κ3) is 890. The van der Waals surface area contributed by atoms with Gasteiger partial charge >= 0.3 is 0 Å². The van der Waals surface area contributed by atoms with E-state index in [1.165, 1.54) is 18.2 Å². The van der Waals surface area contributed by atoms with Crippen molar-refractivity contribution in [2.45, 2.75) is 0 Å². The van der Waals surface area contributed by atoms with Crippen LogP contribution < -0.4 is 0 Å². The van der Waals surface area contributed by atoms with Crippen molar-refractivity contribution in [2.75, 3.05) is 0 Å². The van der Waals surface area contributed by atoms with Crippen molar-refractivity contribution in [3.63, 3.8) is 0 Å². The molecule has 0 amide bonds. The molecule has 0 aliphatic heterocycles. The van der Waals surface area contributed by atoms with Gasteiger partial charge in [0.15, 0.2) is 0 Å². The van der Waals surface area contributed by atoms with Crippen molar-refractivity contribution >= 4 is 0 Å². The molecular formula is C9H15V-3. The smallest absolute Gasteiger partial charge is 0 e. The van der Waals surface area contributed by atoms with Gasteiger partial charge in [-0.15, -0.1) is 0 Å². The predicted octanol–water partition coefficient (Wildman–Crippen LogP) is 3.02. The van der Waals surface area contributed by atoms with Gasteiger partial charge in [-0.2, -0.15) is 0 Å². The summed E-state index contributed by atoms with van der Waals surface area (Å²) in [4.78, 5) is 0. The van der Waals surface area contributed by atoms with Crippen molar-refractivity contribution < 1.29 is 18.6 Å². The predicted molar refractivity (Wildman–Crippen MR) is 46.7 cm³/mol. The molecule has 0 aromatic rings. The number of allylic oxidation sites excluding steroid dienone is 3. The number of hydrogen-bond acceptors (Lipinski definition) is 0. The van der Waals surface area contributed by atoms with Crippen LogP contribution in [0.2, 0.25) is 0 Å². The molecule has 0 atom stereocenters. The molecule has 0 rings (SSSR count). The molecule has 10 heavy (non-hydrogen) atoms. The summed E-state index contributed by atoms with van der Waals surface area (Å²) >= 11 is 0. The Morgan fingerprint density at radius 1 is 0.700 bits per heavy atom. The van der Waals surface area contributed by atoms with Crippen molar-refractivity contribution in [1.82, 2.24) is 0 Å². The Labute approximate surface area is 77.6 Å². The summed E-state index contributed by atoms with van der Waals surface area (Å²) in [5.74, 6) is 0. The zero-order valence-corrected chi connectivity index (χ0v) is 7.82. The Morgan fingerprint density at radius 2 is 0.700 bits per heavy atom. The van der Waals surface area contributed by atoms with Crippen LogP contribution in [0, 0.1) is 20.8 Å². The summed E-state index contributed by atoms with van der Waals surface area (Å²) in [6.45, 7) is 19.5. The minimum atomic E-state index is 0. The first-order valence-corrected chi connectivity index (χ1v) is 2.45. The van der Waals surface area contributed by atoms with Gasteiger partial charge in [0.05, 0.1) is 0 Å². The molecule has 1 radical (unpaired) electrons. The van der Waals surface area contributed by atoms with Crippen molar-refractivity contribution in [2.24, 2.45) is 0 Å². The van der Waals surface area contributed by atoms with Crippen LogP contribution in [-0.2, 0) is 18.6 Å². The van der Waals surface area contributed by atoms with E-state index in [9.17, 15) is 0 Å². The molecule has 0 heterocycles. The van der Waals surface area contributed by atoms with Gasteiger partial charge in [-0.05, 0) is 0 Å². The first-order valence-electron chi connectivity index (χ1n) is 2.45. The molecule has 0 aliphatic carbocycles. The maximum atomic E-state index is 3.25. The molecule has 0 fully saturated rings. The van der Waals surface area contributed by atoms with E-state index in [-0.39, 0.29) is 18.6 Å². The van der Waals surface area contributed by atoms with Crippen LogP contribution in [0.4, 0.5) is 0 Å². The van der Waals surface area contributed by atoms with E-state index in [4.69, 9.17) is 0 Å². The monoisotopic (exact) mass is 174 g/mol. The Hall–Kier alpha value is -0.586. The van der Waals surface area contributed by atoms with Crippen molar-refractivity contribution in [1.29, 1.82) is 0 Å². The molecule has 0 N–H and O–H groups in total. The Bertz CT molecular complexity index is 41.5. The number of hydrogen-bond donors (Lipinski definition) is 0. The maximum absolute atomic E-state index is 3.25. The van der Waals surface area contributed by atoms with Crippen LogP contribution in [-0.4, -0.2) is 0 Å². The van der Waals surface area contributed by atoms with Gasteiger partial charge in [-0.1, -0.05) is 0 Å². The molecule has 59 valence electrons. The van der Waals surface area contributed by atoms with E-state index in [0.717, 1.165) is 0 Å². The molecule has 0 aromatic heterocycles. The Morgan fingerprint density at radius 3 is 0.700 bits per heavy atom. The van der Waals surface area contributed by atoms with Gasteiger partial charge in [-0.3, -0.25) is 0 Å². The number of rotatable bonds is 0. The Balaban J connectivity index is -0.0000000257. The van der Waals surface area contributed by atoms with Crippen LogP contribution in [0.25, 0.3) is 0 Å². The molecule has 1 heteroatoms. The average Bonchev–Trinajstić information content (AvgIpc) is 1.70. The van der Waals surface area contributed by atoms with Gasteiger partial charge in [0.2, 0.25) is 0 Å². The standard InChI is InChI=1S/3C3H5.V/c3*1-3-2;/h3*3H,1-2H2;/q3*-1;. The quantitative estimate of drug-likeness (QED) is 0.495. The first kappa shape index (κ1) is 22.7. The van der Waals surface area contributed by atoms with Gasteiger partial charge in [0, 0.05) is 18.6 Å². The molecule has 0 spiro atoms. The fraction of sp³-hybridized carbons (Fsp3) is 0. The summed E-state index contributed by atoms with van der Waals surface area (Å²) in [5, 5.41) is 0. The molecule has 0 nitrogen and oxygen atoms in total. The zero-order chi connectivity index (χ0) is 8.12. The van der Waals surface area contributed by atoms with E-state index >= 15 is 0 Å². The Kier molecular flexibility index (Phi) is 180. The summed E-state index contributed by atoms with van der Waals surface area (Å²) in [6.07, 6.45) is 4.50. The van der Waals surface area contributed by atoms with Gasteiger partial charge in [0.25, 0.3) is 0 Å².